The van der Waals surface area contributed by atoms with E-state index in [1.54, 1.807) is 20.4 Å². The van der Waals surface area contributed by atoms with Crippen molar-refractivity contribution >= 4 is 46.1 Å². The van der Waals surface area contributed by atoms with E-state index in [2.05, 4.69) is 65.2 Å². The fraction of sp³-hybridized carbons (Fsp3) is 0.574. The van der Waals surface area contributed by atoms with E-state index >= 15 is 0 Å². The zero-order valence-corrected chi connectivity index (χ0v) is 39.0. The van der Waals surface area contributed by atoms with Crippen LogP contribution in [0.5, 0.6) is 0 Å². The third-order valence-corrected chi connectivity index (χ3v) is 14.4. The molecule has 338 valence electrons. The van der Waals surface area contributed by atoms with Gasteiger partial charge in [0, 0.05) is 92.3 Å². The number of cyclic esters (lactones) is 1. The molecule has 1 unspecified atom stereocenters. The molecule has 0 saturated carbocycles. The number of hydrogen-bond donors (Lipinski definition) is 2. The number of nitrogens with zero attached hydrogens (tertiary/aromatic N) is 7. The molecule has 0 aliphatic carbocycles. The summed E-state index contributed by atoms with van der Waals surface area (Å²) in [6.45, 7) is 15.7. The van der Waals surface area contributed by atoms with Crippen molar-refractivity contribution in [2.75, 3.05) is 54.0 Å². The van der Waals surface area contributed by atoms with Gasteiger partial charge in [0.1, 0.15) is 18.1 Å². The van der Waals surface area contributed by atoms with Gasteiger partial charge in [0.15, 0.2) is 0 Å². The van der Waals surface area contributed by atoms with Crippen LogP contribution >= 0.6 is 11.3 Å². The number of fused-ring (bicyclic) bond motifs is 6. The molecule has 6 bridgehead atoms. The van der Waals surface area contributed by atoms with Crippen LogP contribution in [0.3, 0.4) is 0 Å². The molecular formula is C47H63N9O6S. The lowest BCUT2D eigenvalue weighted by molar-refractivity contribution is -0.155. The van der Waals surface area contributed by atoms with Gasteiger partial charge in [-0.25, -0.2) is 15.2 Å². The van der Waals surface area contributed by atoms with Crippen molar-refractivity contribution in [3.8, 4) is 22.5 Å². The summed E-state index contributed by atoms with van der Waals surface area (Å²) in [6, 6.07) is 7.68. The van der Waals surface area contributed by atoms with Gasteiger partial charge in [0.25, 0.3) is 5.91 Å². The summed E-state index contributed by atoms with van der Waals surface area (Å²) >= 11 is 1.44. The quantitative estimate of drug-likeness (QED) is 0.212. The minimum Gasteiger partial charge on any atom is -0.464 e. The Kier molecular flexibility index (Phi) is 12.5. The van der Waals surface area contributed by atoms with Crippen molar-refractivity contribution in [3.05, 3.63) is 58.2 Å². The summed E-state index contributed by atoms with van der Waals surface area (Å²) in [6.07, 6.45) is 4.26. The second kappa shape index (κ2) is 17.6. The first-order valence-corrected chi connectivity index (χ1v) is 23.3. The van der Waals surface area contributed by atoms with Gasteiger partial charge >= 0.3 is 12.0 Å². The van der Waals surface area contributed by atoms with Crippen LogP contribution in [0.1, 0.15) is 83.2 Å². The Labute approximate surface area is 374 Å². The predicted octanol–water partition coefficient (Wildman–Crippen LogP) is 5.67. The van der Waals surface area contributed by atoms with Gasteiger partial charge < -0.3 is 34.1 Å². The van der Waals surface area contributed by atoms with Crippen LogP contribution in [0.15, 0.2) is 41.9 Å². The van der Waals surface area contributed by atoms with E-state index in [-0.39, 0.29) is 42.5 Å². The Morgan fingerprint density at radius 2 is 1.92 bits per heavy atom. The van der Waals surface area contributed by atoms with E-state index in [0.717, 1.165) is 64.2 Å². The van der Waals surface area contributed by atoms with Crippen molar-refractivity contribution in [3.63, 3.8) is 0 Å². The SMILES string of the molecule is CCn1c(-c2cccnc2[C@H](C)OC)c2c3cc(ccc31)-c1csc(n1)C[C@H](NC(=O)C(C(C)C)N(C)C(=O)N1CCC13CN(C)C3)C(=O)N1CCC[C@H](N1)C(=O)OCC(C)(C)C2. The monoisotopic (exact) mass is 881 g/mol. The van der Waals surface area contributed by atoms with Crippen LogP contribution in [-0.4, -0.2) is 136 Å². The molecule has 3 saturated heterocycles. The van der Waals surface area contributed by atoms with Crippen molar-refractivity contribution in [2.24, 2.45) is 11.3 Å². The lowest BCUT2D eigenvalue weighted by Gasteiger charge is -2.62. The molecule has 1 aromatic carbocycles. The van der Waals surface area contributed by atoms with E-state index in [0.29, 0.717) is 43.9 Å². The summed E-state index contributed by atoms with van der Waals surface area (Å²) < 4.78 is 14.3. The molecule has 1 spiro atoms. The van der Waals surface area contributed by atoms with E-state index in [4.69, 9.17) is 19.4 Å². The summed E-state index contributed by atoms with van der Waals surface area (Å²) in [5.41, 5.74) is 9.25. The molecule has 63 heavy (non-hydrogen) atoms. The zero-order chi connectivity index (χ0) is 45.0. The van der Waals surface area contributed by atoms with Crippen molar-refractivity contribution in [2.45, 2.75) is 110 Å². The van der Waals surface area contributed by atoms with E-state index in [9.17, 15) is 19.2 Å². The smallest absolute Gasteiger partial charge is 0.324 e. The molecule has 3 aromatic heterocycles. The largest absolute Gasteiger partial charge is 0.464 e. The lowest BCUT2D eigenvalue weighted by Crippen LogP contribution is -2.78. The normalized spacial score (nSPS) is 22.3. The molecule has 4 aromatic rings. The number of likely N-dealkylation sites (N-methyl/N-ethyl adjacent to an activating group) is 2. The summed E-state index contributed by atoms with van der Waals surface area (Å²) in [5.74, 6) is -1.48. The Hall–Kier alpha value is -4.90. The van der Waals surface area contributed by atoms with E-state index in [1.165, 1.54) is 21.2 Å². The average Bonchev–Trinajstić information content (AvgIpc) is 3.84. The molecule has 4 atom stereocenters. The number of thiazole rings is 1. The number of esters is 1. The molecule has 2 N–H and O–H groups in total. The highest BCUT2D eigenvalue weighted by molar-refractivity contribution is 7.10. The van der Waals surface area contributed by atoms with Crippen LogP contribution in [-0.2, 0) is 43.2 Å². The van der Waals surface area contributed by atoms with Crippen LogP contribution in [0.2, 0.25) is 0 Å². The van der Waals surface area contributed by atoms with Crippen LogP contribution in [0.25, 0.3) is 33.4 Å². The van der Waals surface area contributed by atoms with Crippen LogP contribution < -0.4 is 10.7 Å². The highest BCUT2D eigenvalue weighted by Crippen LogP contribution is 2.42. The van der Waals surface area contributed by atoms with E-state index < -0.39 is 35.4 Å². The third kappa shape index (κ3) is 8.47. The number of nitrogens with one attached hydrogen (secondary N) is 2. The van der Waals surface area contributed by atoms with Crippen LogP contribution in [0, 0.1) is 11.3 Å². The van der Waals surface area contributed by atoms with Gasteiger partial charge in [-0.05, 0) is 82.3 Å². The third-order valence-electron chi connectivity index (χ3n) is 13.5. The number of methoxy groups -OCH3 is 1. The summed E-state index contributed by atoms with van der Waals surface area (Å²) in [7, 11) is 5.41. The molecule has 0 radical (unpaired) electrons. The van der Waals surface area contributed by atoms with Crippen LogP contribution in [0.4, 0.5) is 4.79 Å². The molecule has 4 amide bonds. The first-order valence-electron chi connectivity index (χ1n) is 22.4. The van der Waals surface area contributed by atoms with Gasteiger partial charge in [-0.2, -0.15) is 0 Å². The number of rotatable bonds is 8. The number of hydrogen-bond acceptors (Lipinski definition) is 11. The maximum Gasteiger partial charge on any atom is 0.324 e. The highest BCUT2D eigenvalue weighted by Gasteiger charge is 2.55. The Morgan fingerprint density at radius 3 is 2.60 bits per heavy atom. The van der Waals surface area contributed by atoms with Crippen molar-refractivity contribution in [1.82, 2.24) is 45.0 Å². The Balaban J connectivity index is 1.17. The predicted molar refractivity (Wildman–Crippen MR) is 243 cm³/mol. The van der Waals surface area contributed by atoms with Gasteiger partial charge in [0.05, 0.1) is 40.3 Å². The van der Waals surface area contributed by atoms with Gasteiger partial charge in [0.2, 0.25) is 5.91 Å². The second-order valence-electron chi connectivity index (χ2n) is 19.2. The number of hydrazine groups is 1. The van der Waals surface area contributed by atoms with Gasteiger partial charge in [-0.1, -0.05) is 33.8 Å². The number of urea groups is 1. The first-order chi connectivity index (χ1) is 30.0. The minimum atomic E-state index is -1.03. The Morgan fingerprint density at radius 1 is 1.14 bits per heavy atom. The topological polar surface area (TPSA) is 154 Å². The Bertz CT molecular complexity index is 2390. The number of likely N-dealkylation sites (tertiary alicyclic amines) is 2. The fourth-order valence-electron chi connectivity index (χ4n) is 10.2. The lowest BCUT2D eigenvalue weighted by atomic mass is 9.78. The fourth-order valence-corrected chi connectivity index (χ4v) is 11.0. The number of benzene rings is 1. The molecule has 4 aliphatic heterocycles. The zero-order valence-electron chi connectivity index (χ0n) is 38.2. The molecular weight excluding hydrogens is 819 g/mol. The number of ether oxygens (including phenoxy) is 2. The molecule has 15 nitrogen and oxygen atoms in total. The second-order valence-corrected chi connectivity index (χ2v) is 20.1. The number of amides is 4. The molecule has 3 fully saturated rings. The minimum absolute atomic E-state index is 0.117. The number of aryl methyl sites for hydroxylation is 1. The van der Waals surface area contributed by atoms with Gasteiger partial charge in [-0.15, -0.1) is 11.3 Å². The number of carbonyl (C=O) groups is 4. The summed E-state index contributed by atoms with van der Waals surface area (Å²) in [5, 5.41) is 8.26. The first kappa shape index (κ1) is 44.7. The molecule has 4 aliphatic rings. The molecule has 7 heterocycles. The van der Waals surface area contributed by atoms with Gasteiger partial charge in [-0.3, -0.25) is 24.4 Å². The number of pyridine rings is 1. The van der Waals surface area contributed by atoms with Crippen molar-refractivity contribution < 1.29 is 28.7 Å². The number of aromatic nitrogens is 3. The maximum absolute atomic E-state index is 14.6. The standard InChI is InChI=1S/C47H63N9O6S/c1-10-54-37-16-15-30-21-32(37)33(41(54)31-13-11-18-48-39(31)29(4)61-9)23-46(5,6)27-62-44(59)34-14-12-19-56(51-34)43(58)35(22-38-49-36(30)24-63-38)50-42(57)40(28(2)3)53(8)45(60)55-20-17-47(55)25-52(7)26-47/h11,13,15-16,18,21,24,28-29,34-35,40,51H,10,12,14,17,19-20,22-23,25-27H2,1-9H3,(H,50,57)/t29-,34-,35-,40?/m0/s1. The average molecular weight is 882 g/mol. The number of carbonyl (C=O) groups excluding carboxylic acids is 4. The molecule has 16 heteroatoms. The molecule has 8 rings (SSSR count). The highest BCUT2D eigenvalue weighted by atomic mass is 32.1. The maximum atomic E-state index is 14.6. The summed E-state index contributed by atoms with van der Waals surface area (Å²) in [4.78, 5) is 72.4. The van der Waals surface area contributed by atoms with E-state index in [1.807, 2.05) is 44.2 Å². The van der Waals surface area contributed by atoms with Crippen molar-refractivity contribution in [1.29, 1.82) is 0 Å².